The predicted octanol–water partition coefficient (Wildman–Crippen LogP) is 5.04. The molecule has 1 rings (SSSR count). The highest BCUT2D eigenvalue weighted by atomic mass is 35.5. The molecular formula is C12H15Cl2N. The summed E-state index contributed by atoms with van der Waals surface area (Å²) in [6.45, 7) is 5.97. The number of hydrogen-bond acceptors (Lipinski definition) is 1. The van der Waals surface area contributed by atoms with Crippen LogP contribution in [0.25, 0.3) is 0 Å². The van der Waals surface area contributed by atoms with Crippen molar-refractivity contribution in [3.8, 4) is 6.07 Å². The van der Waals surface area contributed by atoms with E-state index in [9.17, 15) is 0 Å². The van der Waals surface area contributed by atoms with Gasteiger partial charge in [0.2, 0.25) is 0 Å². The van der Waals surface area contributed by atoms with Crippen LogP contribution >= 0.6 is 23.2 Å². The molecule has 0 aliphatic rings. The maximum Gasteiger partial charge on any atom is 0.0628 e. The molecule has 0 radical (unpaired) electrons. The number of nitriles is 1. The molecule has 0 amide bonds. The highest BCUT2D eigenvalue weighted by molar-refractivity contribution is 6.35. The molecule has 1 aromatic rings. The van der Waals surface area contributed by atoms with E-state index in [4.69, 9.17) is 28.5 Å². The van der Waals surface area contributed by atoms with Gasteiger partial charge in [-0.1, -0.05) is 50.0 Å². The monoisotopic (exact) mass is 243 g/mol. The predicted molar refractivity (Wildman–Crippen MR) is 66.5 cm³/mol. The molecular weight excluding hydrogens is 229 g/mol. The maximum absolute atomic E-state index is 8.52. The molecule has 1 atom stereocenters. The van der Waals surface area contributed by atoms with Crippen molar-refractivity contribution in [2.45, 2.75) is 33.1 Å². The molecule has 0 spiro atoms. The third-order valence-corrected chi connectivity index (χ3v) is 2.45. The fraction of sp³-hybridized carbons (Fsp3) is 0.417. The summed E-state index contributed by atoms with van der Waals surface area (Å²) in [6.07, 6.45) is 0.474. The summed E-state index contributed by atoms with van der Waals surface area (Å²) in [5.74, 6) is 0.162. The van der Waals surface area contributed by atoms with Crippen molar-refractivity contribution in [3.05, 3.63) is 33.8 Å². The van der Waals surface area contributed by atoms with E-state index in [-0.39, 0.29) is 5.92 Å². The van der Waals surface area contributed by atoms with Crippen LogP contribution in [-0.4, -0.2) is 0 Å². The first kappa shape index (κ1) is 14.3. The Morgan fingerprint density at radius 1 is 1.33 bits per heavy atom. The Bertz CT molecular complexity index is 342. The van der Waals surface area contributed by atoms with E-state index in [1.54, 1.807) is 12.1 Å². The summed E-state index contributed by atoms with van der Waals surface area (Å²) in [6, 6.07) is 7.47. The number of rotatable bonds is 2. The third-order valence-electron chi connectivity index (χ3n) is 1.89. The molecule has 0 aliphatic carbocycles. The Labute approximate surface area is 102 Å². The first-order valence-corrected chi connectivity index (χ1v) is 5.72. The lowest BCUT2D eigenvalue weighted by Crippen LogP contribution is -1.92. The molecule has 3 heteroatoms. The van der Waals surface area contributed by atoms with Crippen LogP contribution in [0.4, 0.5) is 0 Å². The van der Waals surface area contributed by atoms with E-state index in [1.165, 1.54) is 0 Å². The smallest absolute Gasteiger partial charge is 0.0628 e. The minimum Gasteiger partial charge on any atom is -0.198 e. The van der Waals surface area contributed by atoms with Gasteiger partial charge in [-0.15, -0.1) is 0 Å². The summed E-state index contributed by atoms with van der Waals surface area (Å²) < 4.78 is 0. The van der Waals surface area contributed by atoms with Gasteiger partial charge in [-0.2, -0.15) is 5.26 Å². The Balaban J connectivity index is 0.000000921. The summed E-state index contributed by atoms with van der Waals surface area (Å²) in [4.78, 5) is 0. The number of benzene rings is 1. The van der Waals surface area contributed by atoms with Crippen LogP contribution in [-0.2, 0) is 0 Å². The van der Waals surface area contributed by atoms with Crippen LogP contribution in [0.15, 0.2) is 18.2 Å². The van der Waals surface area contributed by atoms with Crippen LogP contribution in [0, 0.1) is 11.3 Å². The SMILES string of the molecule is CC.CC(CC#N)c1ccc(Cl)cc1Cl. The second-order valence-corrected chi connectivity index (χ2v) is 3.77. The summed E-state index contributed by atoms with van der Waals surface area (Å²) in [7, 11) is 0. The fourth-order valence-electron chi connectivity index (χ4n) is 1.15. The molecule has 0 fully saturated rings. The lowest BCUT2D eigenvalue weighted by Gasteiger charge is -2.09. The normalized spacial score (nSPS) is 10.9. The highest BCUT2D eigenvalue weighted by Crippen LogP contribution is 2.28. The van der Waals surface area contributed by atoms with Gasteiger partial charge in [0.15, 0.2) is 0 Å². The molecule has 1 aromatic carbocycles. The first-order chi connectivity index (χ1) is 7.15. The number of halogens is 2. The molecule has 0 saturated carbocycles. The Hall–Kier alpha value is -0.710. The van der Waals surface area contributed by atoms with Gasteiger partial charge in [-0.3, -0.25) is 0 Å². The zero-order valence-electron chi connectivity index (χ0n) is 9.22. The zero-order chi connectivity index (χ0) is 11.8. The van der Waals surface area contributed by atoms with Crippen molar-refractivity contribution < 1.29 is 0 Å². The van der Waals surface area contributed by atoms with Crippen LogP contribution in [0.1, 0.15) is 38.7 Å². The molecule has 0 N–H and O–H groups in total. The first-order valence-electron chi connectivity index (χ1n) is 4.97. The van der Waals surface area contributed by atoms with Gasteiger partial charge in [0.25, 0.3) is 0 Å². The van der Waals surface area contributed by atoms with E-state index in [0.29, 0.717) is 16.5 Å². The average Bonchev–Trinajstić information content (AvgIpc) is 2.21. The Morgan fingerprint density at radius 2 is 1.93 bits per heavy atom. The topological polar surface area (TPSA) is 23.8 Å². The molecule has 15 heavy (non-hydrogen) atoms. The van der Waals surface area contributed by atoms with Crippen LogP contribution in [0.5, 0.6) is 0 Å². The largest absolute Gasteiger partial charge is 0.198 e. The Morgan fingerprint density at radius 3 is 2.40 bits per heavy atom. The molecule has 0 saturated heterocycles. The van der Waals surface area contributed by atoms with Crippen LogP contribution in [0.2, 0.25) is 10.0 Å². The molecule has 0 aromatic heterocycles. The van der Waals surface area contributed by atoms with Gasteiger partial charge in [0, 0.05) is 16.5 Å². The molecule has 1 nitrogen and oxygen atoms in total. The maximum atomic E-state index is 8.52. The standard InChI is InChI=1S/C10H9Cl2N.C2H6/c1-7(4-5-13)9-3-2-8(11)6-10(9)12;1-2/h2-3,6-7H,4H2,1H3;1-2H3. The van der Waals surface area contributed by atoms with Crippen molar-refractivity contribution in [1.82, 2.24) is 0 Å². The number of hydrogen-bond donors (Lipinski definition) is 0. The van der Waals surface area contributed by atoms with Gasteiger partial charge < -0.3 is 0 Å². The summed E-state index contributed by atoms with van der Waals surface area (Å²) >= 11 is 11.7. The molecule has 82 valence electrons. The van der Waals surface area contributed by atoms with Crippen molar-refractivity contribution in [3.63, 3.8) is 0 Å². The van der Waals surface area contributed by atoms with Crippen molar-refractivity contribution in [2.75, 3.05) is 0 Å². The summed E-state index contributed by atoms with van der Waals surface area (Å²) in [5.41, 5.74) is 0.979. The minimum absolute atomic E-state index is 0.162. The molecule has 1 unspecified atom stereocenters. The van der Waals surface area contributed by atoms with Gasteiger partial charge in [-0.05, 0) is 23.6 Å². The van der Waals surface area contributed by atoms with E-state index >= 15 is 0 Å². The molecule has 0 heterocycles. The van der Waals surface area contributed by atoms with Crippen molar-refractivity contribution in [2.24, 2.45) is 0 Å². The van der Waals surface area contributed by atoms with E-state index < -0.39 is 0 Å². The second kappa shape index (κ2) is 7.56. The van der Waals surface area contributed by atoms with Crippen molar-refractivity contribution >= 4 is 23.2 Å². The van der Waals surface area contributed by atoms with Gasteiger partial charge >= 0.3 is 0 Å². The average molecular weight is 244 g/mol. The van der Waals surface area contributed by atoms with Gasteiger partial charge in [-0.25, -0.2) is 0 Å². The lowest BCUT2D eigenvalue weighted by atomic mass is 9.99. The zero-order valence-corrected chi connectivity index (χ0v) is 10.7. The van der Waals surface area contributed by atoms with Crippen molar-refractivity contribution in [1.29, 1.82) is 5.26 Å². The van der Waals surface area contributed by atoms with E-state index in [2.05, 4.69) is 6.07 Å². The minimum atomic E-state index is 0.162. The van der Waals surface area contributed by atoms with Gasteiger partial charge in [0.05, 0.1) is 6.07 Å². The fourth-order valence-corrected chi connectivity index (χ4v) is 1.74. The van der Waals surface area contributed by atoms with Crippen LogP contribution < -0.4 is 0 Å². The second-order valence-electron chi connectivity index (χ2n) is 2.93. The number of nitrogens with zero attached hydrogens (tertiary/aromatic N) is 1. The summed E-state index contributed by atoms with van der Waals surface area (Å²) in [5, 5.41) is 9.78. The van der Waals surface area contributed by atoms with E-state index in [1.807, 2.05) is 26.8 Å². The van der Waals surface area contributed by atoms with Gasteiger partial charge in [0.1, 0.15) is 0 Å². The molecule has 0 aliphatic heterocycles. The lowest BCUT2D eigenvalue weighted by molar-refractivity contribution is 0.789. The third kappa shape index (κ3) is 4.55. The van der Waals surface area contributed by atoms with E-state index in [0.717, 1.165) is 5.56 Å². The highest BCUT2D eigenvalue weighted by Gasteiger charge is 2.08. The quantitative estimate of drug-likeness (QED) is 0.715. The molecule has 0 bridgehead atoms. The Kier molecular flexibility index (Phi) is 7.21. The van der Waals surface area contributed by atoms with Crippen LogP contribution in [0.3, 0.4) is 0 Å².